The Labute approximate surface area is 256 Å². The Morgan fingerprint density at radius 2 is 0.805 bits per heavy atom. The van der Waals surface area contributed by atoms with Crippen molar-refractivity contribution in [3.63, 3.8) is 0 Å². The van der Waals surface area contributed by atoms with Gasteiger partial charge in [0, 0.05) is 12.8 Å². The molecule has 0 N–H and O–H groups in total. The van der Waals surface area contributed by atoms with Gasteiger partial charge in [-0.15, -0.1) is 0 Å². The molecule has 0 bridgehead atoms. The second-order valence-electron chi connectivity index (χ2n) is 12.9. The number of rotatable bonds is 32. The van der Waals surface area contributed by atoms with Crippen molar-refractivity contribution in [3.05, 3.63) is 0 Å². The van der Waals surface area contributed by atoms with Crippen molar-refractivity contribution < 1.29 is 19.1 Å². The Bertz CT molecular complexity index is 559. The maximum Gasteiger partial charge on any atom is 0.306 e. The Morgan fingerprint density at radius 3 is 1.17 bits per heavy atom. The van der Waals surface area contributed by atoms with Gasteiger partial charge in [0.1, 0.15) is 6.10 Å². The fourth-order valence-electron chi connectivity index (χ4n) is 5.66. The molecule has 0 saturated carbocycles. The zero-order chi connectivity index (χ0) is 30.2. The van der Waals surface area contributed by atoms with Crippen molar-refractivity contribution in [1.82, 2.24) is 0 Å². The summed E-state index contributed by atoms with van der Waals surface area (Å²) < 4.78 is 10.9. The van der Waals surface area contributed by atoms with E-state index in [4.69, 9.17) is 9.47 Å². The topological polar surface area (TPSA) is 52.6 Å². The SMILES string of the molecule is CCCCCCCCCCCCCCCC(=O)OC(CCCCCCCCCCCCCCC(=O)OCC)C(C)C. The molecule has 0 radical (unpaired) electrons. The molecule has 244 valence electrons. The van der Waals surface area contributed by atoms with Crippen LogP contribution in [0.25, 0.3) is 0 Å². The van der Waals surface area contributed by atoms with Crippen LogP contribution >= 0.6 is 0 Å². The number of hydrogen-bond acceptors (Lipinski definition) is 4. The molecule has 0 aliphatic carbocycles. The van der Waals surface area contributed by atoms with Gasteiger partial charge in [-0.3, -0.25) is 9.59 Å². The molecule has 0 saturated heterocycles. The van der Waals surface area contributed by atoms with E-state index in [0.717, 1.165) is 32.1 Å². The van der Waals surface area contributed by atoms with E-state index in [1.54, 1.807) is 0 Å². The van der Waals surface area contributed by atoms with Crippen LogP contribution in [0.3, 0.4) is 0 Å². The van der Waals surface area contributed by atoms with Crippen LogP contribution in [-0.4, -0.2) is 24.6 Å². The molecule has 0 fully saturated rings. The smallest absolute Gasteiger partial charge is 0.306 e. The average molecular weight is 581 g/mol. The lowest BCUT2D eigenvalue weighted by atomic mass is 9.99. The Kier molecular flexibility index (Phi) is 31.0. The highest BCUT2D eigenvalue weighted by Gasteiger charge is 2.17. The minimum Gasteiger partial charge on any atom is -0.466 e. The quantitative estimate of drug-likeness (QED) is 0.0586. The van der Waals surface area contributed by atoms with Gasteiger partial charge < -0.3 is 9.47 Å². The first-order chi connectivity index (χ1) is 20.0. The molecule has 0 aliphatic heterocycles. The molecule has 0 heterocycles. The largest absolute Gasteiger partial charge is 0.466 e. The third-order valence-corrected chi connectivity index (χ3v) is 8.44. The van der Waals surface area contributed by atoms with Crippen molar-refractivity contribution in [3.8, 4) is 0 Å². The predicted octanol–water partition coefficient (Wildman–Crippen LogP) is 12.1. The van der Waals surface area contributed by atoms with Gasteiger partial charge in [-0.2, -0.15) is 0 Å². The number of carbonyl (C=O) groups is 2. The van der Waals surface area contributed by atoms with Gasteiger partial charge in [0.05, 0.1) is 6.61 Å². The fourth-order valence-corrected chi connectivity index (χ4v) is 5.66. The molecule has 0 amide bonds. The van der Waals surface area contributed by atoms with Gasteiger partial charge in [0.25, 0.3) is 0 Å². The van der Waals surface area contributed by atoms with Crippen LogP contribution in [0.4, 0.5) is 0 Å². The van der Waals surface area contributed by atoms with Gasteiger partial charge in [-0.1, -0.05) is 162 Å². The summed E-state index contributed by atoms with van der Waals surface area (Å²) in [6, 6.07) is 0. The normalized spacial score (nSPS) is 12.1. The highest BCUT2D eigenvalue weighted by atomic mass is 16.5. The summed E-state index contributed by atoms with van der Waals surface area (Å²) in [5, 5.41) is 0. The minimum absolute atomic E-state index is 0.0192. The molecule has 0 aliphatic rings. The van der Waals surface area contributed by atoms with Crippen LogP contribution in [0.5, 0.6) is 0 Å². The van der Waals surface area contributed by atoms with E-state index in [1.165, 1.54) is 135 Å². The summed E-state index contributed by atoms with van der Waals surface area (Å²) in [4.78, 5) is 23.7. The summed E-state index contributed by atoms with van der Waals surface area (Å²) >= 11 is 0. The third kappa shape index (κ3) is 30.2. The number of hydrogen-bond donors (Lipinski definition) is 0. The summed E-state index contributed by atoms with van der Waals surface area (Å²) in [5.74, 6) is 0.370. The van der Waals surface area contributed by atoms with E-state index >= 15 is 0 Å². The van der Waals surface area contributed by atoms with E-state index in [2.05, 4.69) is 20.8 Å². The van der Waals surface area contributed by atoms with Crippen molar-refractivity contribution in [1.29, 1.82) is 0 Å². The zero-order valence-corrected chi connectivity index (χ0v) is 28.3. The lowest BCUT2D eigenvalue weighted by Gasteiger charge is -2.21. The first kappa shape index (κ1) is 39.9. The van der Waals surface area contributed by atoms with Crippen molar-refractivity contribution >= 4 is 11.9 Å². The van der Waals surface area contributed by atoms with Gasteiger partial charge in [-0.25, -0.2) is 0 Å². The minimum atomic E-state index is -0.0477. The summed E-state index contributed by atoms with van der Waals surface area (Å²) in [5.41, 5.74) is 0. The highest BCUT2D eigenvalue weighted by Crippen LogP contribution is 2.19. The van der Waals surface area contributed by atoms with E-state index in [1.807, 2.05) is 6.92 Å². The van der Waals surface area contributed by atoms with E-state index < -0.39 is 0 Å². The second-order valence-corrected chi connectivity index (χ2v) is 12.9. The molecular weight excluding hydrogens is 508 g/mol. The standard InChI is InChI=1S/C37H72O4/c1-5-7-8-9-10-11-12-13-18-21-24-27-30-33-37(39)41-35(34(3)4)31-28-25-22-19-16-14-15-17-20-23-26-29-32-36(38)40-6-2/h34-35H,5-33H2,1-4H3. The van der Waals surface area contributed by atoms with Crippen molar-refractivity contribution in [2.45, 2.75) is 214 Å². The lowest BCUT2D eigenvalue weighted by molar-refractivity contribution is -0.152. The van der Waals surface area contributed by atoms with Crippen LogP contribution in [0.1, 0.15) is 207 Å². The van der Waals surface area contributed by atoms with Crippen LogP contribution in [0.2, 0.25) is 0 Å². The van der Waals surface area contributed by atoms with Gasteiger partial charge in [0.15, 0.2) is 0 Å². The number of unbranched alkanes of at least 4 members (excludes halogenated alkanes) is 23. The van der Waals surface area contributed by atoms with E-state index in [0.29, 0.717) is 25.4 Å². The van der Waals surface area contributed by atoms with Gasteiger partial charge in [-0.05, 0) is 38.5 Å². The highest BCUT2D eigenvalue weighted by molar-refractivity contribution is 5.69. The molecule has 0 aromatic rings. The van der Waals surface area contributed by atoms with Crippen LogP contribution in [0.15, 0.2) is 0 Å². The molecule has 0 rings (SSSR count). The summed E-state index contributed by atoms with van der Waals surface area (Å²) in [6.07, 6.45) is 34.6. The summed E-state index contributed by atoms with van der Waals surface area (Å²) in [7, 11) is 0. The molecule has 0 aromatic carbocycles. The average Bonchev–Trinajstić information content (AvgIpc) is 2.95. The van der Waals surface area contributed by atoms with E-state index in [9.17, 15) is 9.59 Å². The molecule has 0 spiro atoms. The third-order valence-electron chi connectivity index (χ3n) is 8.44. The molecule has 1 atom stereocenters. The van der Waals surface area contributed by atoms with E-state index in [-0.39, 0.29) is 18.0 Å². The first-order valence-electron chi connectivity index (χ1n) is 18.4. The Balaban J connectivity index is 3.54. The predicted molar refractivity (Wildman–Crippen MR) is 176 cm³/mol. The monoisotopic (exact) mass is 581 g/mol. The first-order valence-corrected chi connectivity index (χ1v) is 18.4. The molecule has 1 unspecified atom stereocenters. The Hall–Kier alpha value is -1.06. The molecule has 4 heteroatoms. The van der Waals surface area contributed by atoms with Crippen LogP contribution < -0.4 is 0 Å². The molecule has 0 aromatic heterocycles. The van der Waals surface area contributed by atoms with Crippen molar-refractivity contribution in [2.24, 2.45) is 5.92 Å². The molecule has 4 nitrogen and oxygen atoms in total. The second kappa shape index (κ2) is 31.9. The number of esters is 2. The molecule has 41 heavy (non-hydrogen) atoms. The fraction of sp³-hybridized carbons (Fsp3) is 0.946. The lowest BCUT2D eigenvalue weighted by Crippen LogP contribution is -2.23. The van der Waals surface area contributed by atoms with Crippen molar-refractivity contribution in [2.75, 3.05) is 6.61 Å². The maximum absolute atomic E-state index is 12.4. The Morgan fingerprint density at radius 1 is 0.463 bits per heavy atom. The maximum atomic E-state index is 12.4. The number of ether oxygens (including phenoxy) is 2. The van der Waals surface area contributed by atoms with Crippen LogP contribution in [0, 0.1) is 5.92 Å². The summed E-state index contributed by atoms with van der Waals surface area (Å²) in [6.45, 7) is 9.00. The van der Waals surface area contributed by atoms with Crippen LogP contribution in [-0.2, 0) is 19.1 Å². The number of carbonyl (C=O) groups excluding carboxylic acids is 2. The molecular formula is C37H72O4. The zero-order valence-electron chi connectivity index (χ0n) is 28.3. The van der Waals surface area contributed by atoms with Gasteiger partial charge in [0.2, 0.25) is 0 Å². The van der Waals surface area contributed by atoms with Gasteiger partial charge >= 0.3 is 11.9 Å².